The second-order valence-corrected chi connectivity index (χ2v) is 7.45. The molecule has 0 saturated carbocycles. The zero-order valence-electron chi connectivity index (χ0n) is 14.8. The van der Waals surface area contributed by atoms with Gasteiger partial charge in [0.2, 0.25) is 0 Å². The summed E-state index contributed by atoms with van der Waals surface area (Å²) in [6.07, 6.45) is 3.99. The van der Waals surface area contributed by atoms with Crippen LogP contribution in [0.4, 0.5) is 0 Å². The van der Waals surface area contributed by atoms with Gasteiger partial charge in [0.05, 0.1) is 24.1 Å². The van der Waals surface area contributed by atoms with E-state index in [1.54, 1.807) is 0 Å². The molecule has 2 fully saturated rings. The highest BCUT2D eigenvalue weighted by Crippen LogP contribution is 2.35. The standard InChI is InChI=1S/C21H21N3O2/c1-15-4-2-5-17(10-15)24-14-22-18-11-16(6-7-19(18)24)20(25)23-12-21(13-23)8-3-9-26-21/h2,4-7,10-11,14H,3,8-9,12-13H2,1H3. The minimum absolute atomic E-state index is 0.0630. The molecule has 5 heteroatoms. The summed E-state index contributed by atoms with van der Waals surface area (Å²) in [6.45, 7) is 4.32. The van der Waals surface area contributed by atoms with Gasteiger partial charge in [0.15, 0.2) is 0 Å². The lowest BCUT2D eigenvalue weighted by molar-refractivity contribution is -0.0949. The van der Waals surface area contributed by atoms with E-state index in [2.05, 4.69) is 34.7 Å². The van der Waals surface area contributed by atoms with Crippen LogP contribution in [0, 0.1) is 6.92 Å². The van der Waals surface area contributed by atoms with Crippen LogP contribution in [-0.2, 0) is 4.74 Å². The summed E-state index contributed by atoms with van der Waals surface area (Å²) in [4.78, 5) is 19.2. The highest BCUT2D eigenvalue weighted by Gasteiger charge is 2.48. The first-order chi connectivity index (χ1) is 12.6. The zero-order valence-corrected chi connectivity index (χ0v) is 14.8. The maximum Gasteiger partial charge on any atom is 0.254 e. The van der Waals surface area contributed by atoms with Crippen LogP contribution in [0.1, 0.15) is 28.8 Å². The minimum atomic E-state index is -0.0630. The maximum atomic E-state index is 12.8. The van der Waals surface area contributed by atoms with Gasteiger partial charge in [0, 0.05) is 17.9 Å². The molecule has 5 rings (SSSR count). The number of ether oxygens (including phenoxy) is 1. The number of aryl methyl sites for hydroxylation is 1. The number of aromatic nitrogens is 2. The van der Waals surface area contributed by atoms with Crippen molar-refractivity contribution >= 4 is 16.9 Å². The first-order valence-electron chi connectivity index (χ1n) is 9.11. The van der Waals surface area contributed by atoms with Crippen molar-refractivity contribution in [2.24, 2.45) is 0 Å². The minimum Gasteiger partial charge on any atom is -0.371 e. The van der Waals surface area contributed by atoms with Gasteiger partial charge in [0.1, 0.15) is 11.9 Å². The Kier molecular flexibility index (Phi) is 3.40. The van der Waals surface area contributed by atoms with Crippen molar-refractivity contribution < 1.29 is 9.53 Å². The molecule has 1 amide bonds. The number of benzene rings is 2. The quantitative estimate of drug-likeness (QED) is 0.714. The number of likely N-dealkylation sites (tertiary alicyclic amines) is 1. The van der Waals surface area contributed by atoms with E-state index in [1.807, 2.05) is 35.5 Å². The molecule has 0 radical (unpaired) electrons. The molecule has 1 aromatic heterocycles. The fourth-order valence-corrected chi connectivity index (χ4v) is 4.11. The van der Waals surface area contributed by atoms with Gasteiger partial charge in [-0.05, 0) is 55.7 Å². The van der Waals surface area contributed by atoms with Crippen molar-refractivity contribution in [1.29, 1.82) is 0 Å². The Morgan fingerprint density at radius 2 is 2.08 bits per heavy atom. The molecular formula is C21H21N3O2. The predicted molar refractivity (Wildman–Crippen MR) is 99.6 cm³/mol. The van der Waals surface area contributed by atoms with Gasteiger partial charge in [0.25, 0.3) is 5.91 Å². The van der Waals surface area contributed by atoms with Crippen LogP contribution in [0.2, 0.25) is 0 Å². The maximum absolute atomic E-state index is 12.8. The molecule has 2 aliphatic heterocycles. The van der Waals surface area contributed by atoms with Crippen molar-refractivity contribution in [3.63, 3.8) is 0 Å². The number of imidazole rings is 1. The van der Waals surface area contributed by atoms with Gasteiger partial charge in [-0.25, -0.2) is 4.98 Å². The molecule has 26 heavy (non-hydrogen) atoms. The molecule has 0 unspecified atom stereocenters. The lowest BCUT2D eigenvalue weighted by atomic mass is 9.90. The largest absolute Gasteiger partial charge is 0.371 e. The number of amides is 1. The highest BCUT2D eigenvalue weighted by molar-refractivity contribution is 5.98. The Bertz CT molecular complexity index is 993. The van der Waals surface area contributed by atoms with Crippen molar-refractivity contribution in [2.45, 2.75) is 25.4 Å². The van der Waals surface area contributed by atoms with E-state index in [4.69, 9.17) is 4.74 Å². The van der Waals surface area contributed by atoms with E-state index in [0.29, 0.717) is 18.7 Å². The molecule has 3 aromatic rings. The summed E-state index contributed by atoms with van der Waals surface area (Å²) < 4.78 is 7.87. The van der Waals surface area contributed by atoms with Crippen molar-refractivity contribution in [3.8, 4) is 5.69 Å². The summed E-state index contributed by atoms with van der Waals surface area (Å²) in [5, 5.41) is 0. The fourth-order valence-electron chi connectivity index (χ4n) is 4.11. The fraction of sp³-hybridized carbons (Fsp3) is 0.333. The van der Waals surface area contributed by atoms with Crippen LogP contribution >= 0.6 is 0 Å². The Morgan fingerprint density at radius 1 is 1.19 bits per heavy atom. The number of hydrogen-bond donors (Lipinski definition) is 0. The molecule has 2 saturated heterocycles. The Morgan fingerprint density at radius 3 is 2.85 bits per heavy atom. The number of nitrogens with zero attached hydrogens (tertiary/aromatic N) is 3. The number of carbonyl (C=O) groups excluding carboxylic acids is 1. The molecule has 3 heterocycles. The lowest BCUT2D eigenvalue weighted by Gasteiger charge is -2.47. The third kappa shape index (κ3) is 2.42. The summed E-state index contributed by atoms with van der Waals surface area (Å²) in [5.41, 5.74) is 4.76. The first kappa shape index (κ1) is 15.6. The SMILES string of the molecule is Cc1cccc(-n2cnc3cc(C(=O)N4CC5(CCCO5)C4)ccc32)c1. The molecule has 2 aromatic carbocycles. The molecule has 5 nitrogen and oxygen atoms in total. The summed E-state index contributed by atoms with van der Waals surface area (Å²) in [6, 6.07) is 14.1. The molecule has 0 N–H and O–H groups in total. The molecule has 2 aliphatic rings. The summed E-state index contributed by atoms with van der Waals surface area (Å²) >= 11 is 0. The zero-order chi connectivity index (χ0) is 17.7. The third-order valence-corrected chi connectivity index (χ3v) is 5.50. The monoisotopic (exact) mass is 347 g/mol. The van der Waals surface area contributed by atoms with E-state index < -0.39 is 0 Å². The van der Waals surface area contributed by atoms with E-state index in [1.165, 1.54) is 5.56 Å². The van der Waals surface area contributed by atoms with E-state index >= 15 is 0 Å². The average molecular weight is 347 g/mol. The second kappa shape index (κ2) is 5.68. The Balaban J connectivity index is 1.42. The van der Waals surface area contributed by atoms with Crippen LogP contribution in [0.15, 0.2) is 48.8 Å². The highest BCUT2D eigenvalue weighted by atomic mass is 16.5. The number of carbonyl (C=O) groups is 1. The Labute approximate surface area is 152 Å². The van der Waals surface area contributed by atoms with Gasteiger partial charge in [-0.3, -0.25) is 9.36 Å². The van der Waals surface area contributed by atoms with Crippen LogP contribution in [0.3, 0.4) is 0 Å². The van der Waals surface area contributed by atoms with Crippen molar-refractivity contribution in [3.05, 3.63) is 59.9 Å². The molecule has 0 aliphatic carbocycles. The van der Waals surface area contributed by atoms with Crippen LogP contribution in [0.5, 0.6) is 0 Å². The lowest BCUT2D eigenvalue weighted by Crippen LogP contribution is -2.63. The van der Waals surface area contributed by atoms with Crippen LogP contribution < -0.4 is 0 Å². The topological polar surface area (TPSA) is 47.4 Å². The van der Waals surface area contributed by atoms with E-state index in [-0.39, 0.29) is 11.5 Å². The van der Waals surface area contributed by atoms with Crippen LogP contribution in [-0.4, -0.2) is 45.7 Å². The summed E-state index contributed by atoms with van der Waals surface area (Å²) in [5.74, 6) is 0.0677. The first-order valence-corrected chi connectivity index (χ1v) is 9.11. The Hall–Kier alpha value is -2.66. The van der Waals surface area contributed by atoms with E-state index in [9.17, 15) is 4.79 Å². The second-order valence-electron chi connectivity index (χ2n) is 7.45. The third-order valence-electron chi connectivity index (χ3n) is 5.50. The van der Waals surface area contributed by atoms with Gasteiger partial charge in [-0.2, -0.15) is 0 Å². The molecule has 0 atom stereocenters. The van der Waals surface area contributed by atoms with E-state index in [0.717, 1.165) is 36.2 Å². The molecule has 132 valence electrons. The normalized spacial score (nSPS) is 18.4. The van der Waals surface area contributed by atoms with Crippen LogP contribution in [0.25, 0.3) is 16.7 Å². The molecule has 1 spiro atoms. The number of rotatable bonds is 2. The van der Waals surface area contributed by atoms with Crippen molar-refractivity contribution in [1.82, 2.24) is 14.5 Å². The molecule has 0 bridgehead atoms. The van der Waals surface area contributed by atoms with Gasteiger partial charge in [-0.15, -0.1) is 0 Å². The van der Waals surface area contributed by atoms with Gasteiger partial charge < -0.3 is 9.64 Å². The number of fused-ring (bicyclic) bond motifs is 1. The predicted octanol–water partition coefficient (Wildman–Crippen LogP) is 3.34. The smallest absolute Gasteiger partial charge is 0.254 e. The van der Waals surface area contributed by atoms with Gasteiger partial charge in [-0.1, -0.05) is 12.1 Å². The molecular weight excluding hydrogens is 326 g/mol. The van der Waals surface area contributed by atoms with Gasteiger partial charge >= 0.3 is 0 Å². The van der Waals surface area contributed by atoms with Crippen molar-refractivity contribution in [2.75, 3.05) is 19.7 Å². The number of hydrogen-bond acceptors (Lipinski definition) is 3. The summed E-state index contributed by atoms with van der Waals surface area (Å²) in [7, 11) is 0. The average Bonchev–Trinajstić information content (AvgIpc) is 3.26.